The van der Waals surface area contributed by atoms with Crippen molar-refractivity contribution in [3.8, 4) is 0 Å². The Morgan fingerprint density at radius 1 is 1.29 bits per heavy atom. The highest BCUT2D eigenvalue weighted by Crippen LogP contribution is 2.29. The van der Waals surface area contributed by atoms with E-state index in [2.05, 4.69) is 20.6 Å². The molecule has 0 bridgehead atoms. The highest BCUT2D eigenvalue weighted by Gasteiger charge is 2.28. The van der Waals surface area contributed by atoms with E-state index in [1.165, 1.54) is 6.20 Å². The van der Waals surface area contributed by atoms with Gasteiger partial charge in [0.15, 0.2) is 0 Å². The maximum absolute atomic E-state index is 11.7. The molecule has 1 aliphatic heterocycles. The number of hydrogen-bond donors (Lipinski definition) is 4. The molecule has 2 heterocycles. The van der Waals surface area contributed by atoms with Gasteiger partial charge >= 0.3 is 0 Å². The Kier molecular flexibility index (Phi) is 5.47. The number of nitrogens with one attached hydrogen (secondary N) is 2. The highest BCUT2D eigenvalue weighted by molar-refractivity contribution is 5.97. The first-order chi connectivity index (χ1) is 11.7. The van der Waals surface area contributed by atoms with Crippen molar-refractivity contribution in [1.82, 2.24) is 9.97 Å². The van der Waals surface area contributed by atoms with Gasteiger partial charge in [-0.2, -0.15) is 4.98 Å². The molecule has 0 spiro atoms. The van der Waals surface area contributed by atoms with Gasteiger partial charge in [0.2, 0.25) is 5.95 Å². The lowest BCUT2D eigenvalue weighted by Gasteiger charge is -2.24. The molecule has 24 heavy (non-hydrogen) atoms. The number of amides is 1. The maximum atomic E-state index is 11.7. The number of nitrogens with zero attached hydrogens (tertiary/aromatic N) is 2. The molecule has 1 aromatic heterocycles. The first-order valence-electron chi connectivity index (χ1n) is 8.56. The monoisotopic (exact) mass is 335 g/mol. The Balaban J connectivity index is 1.76. The summed E-state index contributed by atoms with van der Waals surface area (Å²) in [5, 5.41) is 16.1. The number of carbonyl (C=O) groups excluding carboxylic acids is 1. The van der Waals surface area contributed by atoms with Gasteiger partial charge in [0, 0.05) is 44.0 Å². The fourth-order valence-electron chi connectivity index (χ4n) is 3.39. The number of rotatable bonds is 6. The van der Waals surface area contributed by atoms with Crippen molar-refractivity contribution in [3.63, 3.8) is 0 Å². The molecule has 1 amide bonds. The summed E-state index contributed by atoms with van der Waals surface area (Å²) in [6.45, 7) is 1.58. The molecule has 0 radical (unpaired) electrons. The van der Waals surface area contributed by atoms with E-state index in [0.29, 0.717) is 11.8 Å². The summed E-state index contributed by atoms with van der Waals surface area (Å²) in [4.78, 5) is 20.3. The smallest absolute Gasteiger partial charge is 0.254 e. The molecule has 8 heteroatoms. The normalized spacial score (nSPS) is 24.7. The average molecular weight is 335 g/mol. The third-order valence-corrected chi connectivity index (χ3v) is 4.82. The lowest BCUT2D eigenvalue weighted by molar-refractivity contribution is 0.0903. The van der Waals surface area contributed by atoms with E-state index in [1.807, 2.05) is 0 Å². The second-order valence-corrected chi connectivity index (χ2v) is 6.48. The van der Waals surface area contributed by atoms with Gasteiger partial charge in [0.05, 0.1) is 5.56 Å². The number of nitrogens with two attached hydrogens (primary N) is 1. The molecule has 1 saturated carbocycles. The third kappa shape index (κ3) is 3.93. The third-order valence-electron chi connectivity index (χ3n) is 4.82. The quantitative estimate of drug-likeness (QED) is 0.604. The highest BCUT2D eigenvalue weighted by atomic mass is 16.5. The predicted octanol–water partition coefficient (Wildman–Crippen LogP) is 0.739. The van der Waals surface area contributed by atoms with Crippen LogP contribution < -0.4 is 16.4 Å². The van der Waals surface area contributed by atoms with Gasteiger partial charge in [-0.3, -0.25) is 4.79 Å². The van der Waals surface area contributed by atoms with Crippen LogP contribution in [0.4, 0.5) is 11.8 Å². The Bertz CT molecular complexity index is 577. The fourth-order valence-corrected chi connectivity index (χ4v) is 3.39. The lowest BCUT2D eigenvalue weighted by Crippen LogP contribution is -2.31. The van der Waals surface area contributed by atoms with Crippen LogP contribution in [0.2, 0.25) is 0 Å². The van der Waals surface area contributed by atoms with Gasteiger partial charge in [0.1, 0.15) is 5.82 Å². The molecular weight excluding hydrogens is 310 g/mol. The van der Waals surface area contributed by atoms with E-state index in [1.54, 1.807) is 0 Å². The number of carbonyl (C=O) groups is 1. The van der Waals surface area contributed by atoms with Crippen LogP contribution in [0.15, 0.2) is 6.20 Å². The summed E-state index contributed by atoms with van der Waals surface area (Å²) >= 11 is 0. The Morgan fingerprint density at radius 2 is 2.08 bits per heavy atom. The van der Waals surface area contributed by atoms with Crippen LogP contribution in [0.3, 0.4) is 0 Å². The molecule has 5 N–H and O–H groups in total. The Labute approximate surface area is 141 Å². The number of primary amides is 1. The van der Waals surface area contributed by atoms with Gasteiger partial charge in [0.25, 0.3) is 5.91 Å². The molecular formula is C16H25N5O3. The summed E-state index contributed by atoms with van der Waals surface area (Å²) < 4.78 is 5.35. The summed E-state index contributed by atoms with van der Waals surface area (Å²) in [7, 11) is 0. The fraction of sp³-hybridized carbons (Fsp3) is 0.688. The van der Waals surface area contributed by atoms with E-state index in [4.69, 9.17) is 10.5 Å². The van der Waals surface area contributed by atoms with Crippen LogP contribution in [0.25, 0.3) is 0 Å². The zero-order chi connectivity index (χ0) is 16.9. The minimum atomic E-state index is -0.561. The summed E-state index contributed by atoms with van der Waals surface area (Å²) in [6, 6.07) is 0.363. The van der Waals surface area contributed by atoms with E-state index < -0.39 is 5.91 Å². The van der Waals surface area contributed by atoms with Gasteiger partial charge in [-0.1, -0.05) is 6.42 Å². The zero-order valence-electron chi connectivity index (χ0n) is 13.7. The zero-order valence-corrected chi connectivity index (χ0v) is 13.7. The van der Waals surface area contributed by atoms with E-state index >= 15 is 0 Å². The van der Waals surface area contributed by atoms with Crippen molar-refractivity contribution >= 4 is 17.7 Å². The molecule has 2 aliphatic rings. The largest absolute Gasteiger partial charge is 0.396 e. The van der Waals surface area contributed by atoms with Gasteiger partial charge < -0.3 is 26.2 Å². The maximum Gasteiger partial charge on any atom is 0.254 e. The van der Waals surface area contributed by atoms with Crippen molar-refractivity contribution < 1.29 is 14.6 Å². The molecule has 1 saturated heterocycles. The molecule has 2 fully saturated rings. The second-order valence-electron chi connectivity index (χ2n) is 6.48. The number of anilines is 2. The van der Waals surface area contributed by atoms with Crippen molar-refractivity contribution in [2.45, 2.75) is 44.2 Å². The molecule has 0 aromatic carbocycles. The van der Waals surface area contributed by atoms with Gasteiger partial charge in [-0.25, -0.2) is 4.98 Å². The van der Waals surface area contributed by atoms with Crippen LogP contribution in [0.1, 0.15) is 42.5 Å². The van der Waals surface area contributed by atoms with Crippen LogP contribution in [-0.4, -0.2) is 52.9 Å². The minimum absolute atomic E-state index is 0.0962. The van der Waals surface area contributed by atoms with Crippen molar-refractivity contribution in [2.75, 3.05) is 30.5 Å². The lowest BCUT2D eigenvalue weighted by atomic mass is 10.0. The molecule has 132 valence electrons. The Hall–Kier alpha value is -1.93. The molecule has 2 atom stereocenters. The number of hydrogen-bond acceptors (Lipinski definition) is 7. The van der Waals surface area contributed by atoms with Crippen LogP contribution >= 0.6 is 0 Å². The Morgan fingerprint density at radius 3 is 2.79 bits per heavy atom. The van der Waals surface area contributed by atoms with Crippen molar-refractivity contribution in [2.24, 2.45) is 11.7 Å². The van der Waals surface area contributed by atoms with E-state index in [9.17, 15) is 9.90 Å². The summed E-state index contributed by atoms with van der Waals surface area (Å²) in [5.41, 5.74) is 5.72. The van der Waals surface area contributed by atoms with Crippen LogP contribution in [0.5, 0.6) is 0 Å². The molecule has 2 unspecified atom stereocenters. The van der Waals surface area contributed by atoms with E-state index in [0.717, 1.165) is 45.3 Å². The predicted molar refractivity (Wildman–Crippen MR) is 89.9 cm³/mol. The second kappa shape index (κ2) is 7.76. The topological polar surface area (TPSA) is 122 Å². The van der Waals surface area contributed by atoms with Crippen molar-refractivity contribution in [3.05, 3.63) is 11.8 Å². The molecule has 8 nitrogen and oxygen atoms in total. The first-order valence-corrected chi connectivity index (χ1v) is 8.56. The van der Waals surface area contributed by atoms with Gasteiger partial charge in [-0.05, 0) is 25.7 Å². The number of aliphatic hydroxyl groups is 1. The molecule has 1 aliphatic carbocycles. The standard InChI is InChI=1S/C16H25N5O3/c17-14(23)12-8-18-16(19-11-4-6-24-7-5-11)21-15(12)20-13-3-1-2-10(13)9-22/h8,10-11,13,22H,1-7,9H2,(H2,17,23)(H2,18,19,20,21). The average Bonchev–Trinajstić information content (AvgIpc) is 3.03. The SMILES string of the molecule is NC(=O)c1cnc(NC2CCOCC2)nc1NC1CCCC1CO. The molecule has 1 aromatic rings. The number of ether oxygens (including phenoxy) is 1. The first kappa shape index (κ1) is 16.9. The van der Waals surface area contributed by atoms with Crippen LogP contribution in [-0.2, 0) is 4.74 Å². The summed E-state index contributed by atoms with van der Waals surface area (Å²) in [6.07, 6.45) is 6.22. The minimum Gasteiger partial charge on any atom is -0.396 e. The summed E-state index contributed by atoms with van der Waals surface area (Å²) in [5.74, 6) is 0.534. The number of aromatic nitrogens is 2. The van der Waals surface area contributed by atoms with Crippen LogP contribution in [0, 0.1) is 5.92 Å². The molecule has 3 rings (SSSR count). The number of aliphatic hydroxyl groups excluding tert-OH is 1. The van der Waals surface area contributed by atoms with E-state index in [-0.39, 0.29) is 30.2 Å². The van der Waals surface area contributed by atoms with Crippen molar-refractivity contribution in [1.29, 1.82) is 0 Å². The van der Waals surface area contributed by atoms with Gasteiger partial charge in [-0.15, -0.1) is 0 Å².